The summed E-state index contributed by atoms with van der Waals surface area (Å²) < 4.78 is 7.14. The molecule has 0 atom stereocenters. The fraction of sp³-hybridized carbons (Fsp3) is 0.200. The summed E-state index contributed by atoms with van der Waals surface area (Å²) in [5, 5.41) is 17.9. The molecular weight excluding hydrogens is 254 g/mol. The van der Waals surface area contributed by atoms with Crippen molar-refractivity contribution in [1.82, 2.24) is 15.0 Å². The van der Waals surface area contributed by atoms with Gasteiger partial charge in [-0.1, -0.05) is 17.3 Å². The lowest BCUT2D eigenvalue weighted by Crippen LogP contribution is -2.26. The number of ether oxygens (including phenoxy) is 1. The summed E-state index contributed by atoms with van der Waals surface area (Å²) in [6.45, 7) is 3.18. The van der Waals surface area contributed by atoms with E-state index < -0.39 is 5.79 Å². The van der Waals surface area contributed by atoms with Crippen molar-refractivity contribution in [2.45, 2.75) is 19.6 Å². The third kappa shape index (κ3) is 2.48. The van der Waals surface area contributed by atoms with E-state index in [4.69, 9.17) is 4.74 Å². The number of hydrogen-bond donors (Lipinski definition) is 1. The summed E-state index contributed by atoms with van der Waals surface area (Å²) in [6, 6.07) is 15.1. The number of aromatic nitrogens is 3. The molecule has 1 aromatic heterocycles. The molecule has 3 rings (SSSR count). The Labute approximate surface area is 116 Å². The molecule has 0 aliphatic heterocycles. The Balaban J connectivity index is 1.95. The normalized spacial score (nSPS) is 11.8. The number of fused-ring (bicyclic) bond motifs is 1. The van der Waals surface area contributed by atoms with Crippen LogP contribution in [0.2, 0.25) is 0 Å². The molecule has 0 fully saturated rings. The summed E-state index contributed by atoms with van der Waals surface area (Å²) in [5.41, 5.74) is 2.69. The lowest BCUT2D eigenvalue weighted by Gasteiger charge is -2.19. The van der Waals surface area contributed by atoms with Gasteiger partial charge in [-0.15, -0.1) is 5.10 Å². The number of para-hydroxylation sites is 1. The van der Waals surface area contributed by atoms with Gasteiger partial charge in [-0.2, -0.15) is 0 Å². The zero-order valence-electron chi connectivity index (χ0n) is 11.3. The van der Waals surface area contributed by atoms with Gasteiger partial charge in [0.1, 0.15) is 11.3 Å². The number of benzene rings is 2. The van der Waals surface area contributed by atoms with Crippen LogP contribution in [-0.4, -0.2) is 25.9 Å². The fourth-order valence-electron chi connectivity index (χ4n) is 2.00. The summed E-state index contributed by atoms with van der Waals surface area (Å²) >= 11 is 0. The predicted molar refractivity (Wildman–Crippen MR) is 75.8 cm³/mol. The SMILES string of the molecule is CC(C)(O)Oc1ccc(-n2nnc3ccccc32)cc1. The van der Waals surface area contributed by atoms with Crippen molar-refractivity contribution >= 4 is 11.0 Å². The van der Waals surface area contributed by atoms with Gasteiger partial charge in [0, 0.05) is 13.8 Å². The van der Waals surface area contributed by atoms with Crippen molar-refractivity contribution in [2.24, 2.45) is 0 Å². The zero-order chi connectivity index (χ0) is 14.2. The van der Waals surface area contributed by atoms with Gasteiger partial charge >= 0.3 is 0 Å². The molecule has 0 unspecified atom stereocenters. The van der Waals surface area contributed by atoms with Crippen molar-refractivity contribution in [3.8, 4) is 11.4 Å². The number of rotatable bonds is 3. The Kier molecular flexibility index (Phi) is 2.91. The minimum atomic E-state index is -1.19. The van der Waals surface area contributed by atoms with Crippen molar-refractivity contribution in [2.75, 3.05) is 0 Å². The topological polar surface area (TPSA) is 60.2 Å². The Morgan fingerprint density at radius 1 is 1.05 bits per heavy atom. The van der Waals surface area contributed by atoms with E-state index in [1.165, 1.54) is 0 Å². The second-order valence-corrected chi connectivity index (χ2v) is 5.03. The van der Waals surface area contributed by atoms with Crippen LogP contribution in [0.3, 0.4) is 0 Å². The van der Waals surface area contributed by atoms with Gasteiger partial charge in [0.05, 0.1) is 11.2 Å². The van der Waals surface area contributed by atoms with E-state index >= 15 is 0 Å². The molecule has 0 amide bonds. The van der Waals surface area contributed by atoms with Gasteiger partial charge in [-0.25, -0.2) is 4.68 Å². The van der Waals surface area contributed by atoms with E-state index in [0.29, 0.717) is 5.75 Å². The first-order valence-corrected chi connectivity index (χ1v) is 6.35. The maximum Gasteiger partial charge on any atom is 0.202 e. The third-order valence-corrected chi connectivity index (χ3v) is 2.80. The molecule has 0 saturated heterocycles. The van der Waals surface area contributed by atoms with Crippen molar-refractivity contribution in [1.29, 1.82) is 0 Å². The molecule has 20 heavy (non-hydrogen) atoms. The van der Waals surface area contributed by atoms with Crippen LogP contribution in [0, 0.1) is 0 Å². The van der Waals surface area contributed by atoms with Crippen molar-refractivity contribution < 1.29 is 9.84 Å². The van der Waals surface area contributed by atoms with E-state index in [1.54, 1.807) is 30.7 Å². The second-order valence-electron chi connectivity index (χ2n) is 5.03. The van der Waals surface area contributed by atoms with E-state index in [9.17, 15) is 5.11 Å². The van der Waals surface area contributed by atoms with E-state index in [2.05, 4.69) is 10.3 Å². The molecule has 0 radical (unpaired) electrons. The predicted octanol–water partition coefficient (Wildman–Crippen LogP) is 2.53. The molecule has 3 aromatic rings. The maximum absolute atomic E-state index is 9.62. The van der Waals surface area contributed by atoms with Gasteiger partial charge < -0.3 is 9.84 Å². The Bertz CT molecular complexity index is 727. The molecule has 0 aliphatic carbocycles. The average Bonchev–Trinajstić information content (AvgIpc) is 2.82. The van der Waals surface area contributed by atoms with E-state index in [-0.39, 0.29) is 0 Å². The molecule has 1 heterocycles. The molecule has 0 bridgehead atoms. The summed E-state index contributed by atoms with van der Waals surface area (Å²) in [4.78, 5) is 0. The highest BCUT2D eigenvalue weighted by Crippen LogP contribution is 2.21. The molecule has 0 aliphatic rings. The van der Waals surface area contributed by atoms with Crippen LogP contribution in [0.5, 0.6) is 5.75 Å². The first kappa shape index (κ1) is 12.6. The van der Waals surface area contributed by atoms with Crippen LogP contribution < -0.4 is 4.74 Å². The Hall–Kier alpha value is -2.40. The van der Waals surface area contributed by atoms with Crippen LogP contribution in [0.25, 0.3) is 16.7 Å². The summed E-state index contributed by atoms with van der Waals surface area (Å²) in [6.07, 6.45) is 0. The second kappa shape index (κ2) is 4.61. The summed E-state index contributed by atoms with van der Waals surface area (Å²) in [5.74, 6) is -0.591. The molecule has 0 spiro atoms. The minimum absolute atomic E-state index is 0.602. The molecule has 2 aromatic carbocycles. The molecule has 102 valence electrons. The lowest BCUT2D eigenvalue weighted by molar-refractivity contribution is -0.104. The van der Waals surface area contributed by atoms with E-state index in [1.807, 2.05) is 36.4 Å². The maximum atomic E-state index is 9.62. The first-order chi connectivity index (χ1) is 9.53. The highest BCUT2D eigenvalue weighted by atomic mass is 16.6. The quantitative estimate of drug-likeness (QED) is 0.742. The smallest absolute Gasteiger partial charge is 0.202 e. The van der Waals surface area contributed by atoms with Gasteiger partial charge in [0.2, 0.25) is 5.79 Å². The van der Waals surface area contributed by atoms with Gasteiger partial charge in [0.25, 0.3) is 0 Å². The highest BCUT2D eigenvalue weighted by Gasteiger charge is 2.14. The fourth-order valence-corrected chi connectivity index (χ4v) is 2.00. The van der Waals surface area contributed by atoms with Gasteiger partial charge in [-0.3, -0.25) is 0 Å². The zero-order valence-corrected chi connectivity index (χ0v) is 11.3. The van der Waals surface area contributed by atoms with Gasteiger partial charge in [-0.05, 0) is 36.4 Å². The van der Waals surface area contributed by atoms with E-state index in [0.717, 1.165) is 16.7 Å². The molecular formula is C15H15N3O2. The first-order valence-electron chi connectivity index (χ1n) is 6.35. The highest BCUT2D eigenvalue weighted by molar-refractivity contribution is 5.75. The summed E-state index contributed by atoms with van der Waals surface area (Å²) in [7, 11) is 0. The molecule has 0 saturated carbocycles. The standard InChI is InChI=1S/C15H15N3O2/c1-15(2,19)20-12-9-7-11(8-10-12)18-14-6-4-3-5-13(14)16-17-18/h3-10,19H,1-2H3. The van der Waals surface area contributed by atoms with Gasteiger partial charge in [0.15, 0.2) is 0 Å². The number of hydrogen-bond acceptors (Lipinski definition) is 4. The lowest BCUT2D eigenvalue weighted by atomic mass is 10.2. The van der Waals surface area contributed by atoms with Crippen LogP contribution in [0.4, 0.5) is 0 Å². The Morgan fingerprint density at radius 2 is 1.75 bits per heavy atom. The van der Waals surface area contributed by atoms with Crippen LogP contribution in [0.1, 0.15) is 13.8 Å². The van der Waals surface area contributed by atoms with Crippen LogP contribution in [-0.2, 0) is 0 Å². The van der Waals surface area contributed by atoms with Crippen molar-refractivity contribution in [3.63, 3.8) is 0 Å². The molecule has 5 heteroatoms. The minimum Gasteiger partial charge on any atom is -0.463 e. The van der Waals surface area contributed by atoms with Crippen molar-refractivity contribution in [3.05, 3.63) is 48.5 Å². The van der Waals surface area contributed by atoms with Crippen LogP contribution >= 0.6 is 0 Å². The van der Waals surface area contributed by atoms with Crippen LogP contribution in [0.15, 0.2) is 48.5 Å². The monoisotopic (exact) mass is 269 g/mol. The molecule has 1 N–H and O–H groups in total. The molecule has 5 nitrogen and oxygen atoms in total. The largest absolute Gasteiger partial charge is 0.463 e. The number of nitrogens with zero attached hydrogens (tertiary/aromatic N) is 3. The number of aliphatic hydroxyl groups is 1. The third-order valence-electron chi connectivity index (χ3n) is 2.80. The Morgan fingerprint density at radius 3 is 2.45 bits per heavy atom. The average molecular weight is 269 g/mol.